The fourth-order valence-electron chi connectivity index (χ4n) is 2.78. The summed E-state index contributed by atoms with van der Waals surface area (Å²) in [7, 11) is 0. The van der Waals surface area contributed by atoms with Crippen LogP contribution in [0.5, 0.6) is 0 Å². The molecule has 0 radical (unpaired) electrons. The average Bonchev–Trinajstić information content (AvgIpc) is 3.31. The van der Waals surface area contributed by atoms with E-state index in [-0.39, 0.29) is 42.7 Å². The minimum absolute atomic E-state index is 0. The summed E-state index contributed by atoms with van der Waals surface area (Å²) in [6.07, 6.45) is 2.18. The second kappa shape index (κ2) is 10.9. The molecule has 5 N–H and O–H groups in total. The zero-order valence-corrected chi connectivity index (χ0v) is 16.1. The first-order valence-corrected chi connectivity index (χ1v) is 8.18. The molecule has 1 aromatic carbocycles. The number of rotatable bonds is 6. The Labute approximate surface area is 169 Å². The van der Waals surface area contributed by atoms with Crippen LogP contribution in [0.3, 0.4) is 0 Å². The highest BCUT2D eigenvalue weighted by Crippen LogP contribution is 2.21. The standard InChI is InChI=1S/C17H21N5O3.2ClH/c18-10-12-6-7-13(25-12)16(23)21-15(11-4-2-1-3-5-11)17(24)20-14-8-9-19-22-14;;/h1-5,8-9,12-13,15H,6-7,10,18H2,(H,21,23)(H2,19,20,22,24);2*1H/t12-,13+,15?;;/m1../s1. The number of halogens is 2. The maximum atomic E-state index is 12.6. The highest BCUT2D eigenvalue weighted by atomic mass is 35.5. The lowest BCUT2D eigenvalue weighted by Crippen LogP contribution is -2.42. The van der Waals surface area contributed by atoms with Gasteiger partial charge in [0.05, 0.1) is 12.3 Å². The molecule has 1 aliphatic rings. The van der Waals surface area contributed by atoms with E-state index in [4.69, 9.17) is 10.5 Å². The summed E-state index contributed by atoms with van der Waals surface area (Å²) in [6, 6.07) is 9.85. The minimum Gasteiger partial charge on any atom is -0.364 e. The van der Waals surface area contributed by atoms with Crippen LogP contribution in [0.25, 0.3) is 0 Å². The Morgan fingerprint density at radius 1 is 1.22 bits per heavy atom. The van der Waals surface area contributed by atoms with E-state index in [2.05, 4.69) is 20.8 Å². The van der Waals surface area contributed by atoms with Gasteiger partial charge in [-0.05, 0) is 18.4 Å². The van der Waals surface area contributed by atoms with Gasteiger partial charge in [0.1, 0.15) is 18.0 Å². The number of anilines is 1. The largest absolute Gasteiger partial charge is 0.364 e. The van der Waals surface area contributed by atoms with Crippen LogP contribution >= 0.6 is 24.8 Å². The monoisotopic (exact) mass is 415 g/mol. The number of nitrogens with two attached hydrogens (primary N) is 1. The van der Waals surface area contributed by atoms with Crippen molar-refractivity contribution in [3.05, 3.63) is 48.2 Å². The summed E-state index contributed by atoms with van der Waals surface area (Å²) >= 11 is 0. The third-order valence-corrected chi connectivity index (χ3v) is 4.10. The molecule has 0 saturated carbocycles. The van der Waals surface area contributed by atoms with Gasteiger partial charge in [-0.3, -0.25) is 14.7 Å². The van der Waals surface area contributed by atoms with Gasteiger partial charge in [-0.1, -0.05) is 30.3 Å². The molecule has 0 spiro atoms. The number of ether oxygens (including phenoxy) is 1. The molecule has 1 saturated heterocycles. The average molecular weight is 416 g/mol. The number of aromatic nitrogens is 2. The number of benzene rings is 1. The van der Waals surface area contributed by atoms with E-state index in [1.54, 1.807) is 18.2 Å². The van der Waals surface area contributed by atoms with Crippen molar-refractivity contribution < 1.29 is 14.3 Å². The molecule has 1 unspecified atom stereocenters. The minimum atomic E-state index is -0.836. The van der Waals surface area contributed by atoms with Crippen molar-refractivity contribution in [2.75, 3.05) is 11.9 Å². The van der Waals surface area contributed by atoms with Crippen LogP contribution in [0, 0.1) is 0 Å². The molecule has 8 nitrogen and oxygen atoms in total. The Morgan fingerprint density at radius 3 is 2.56 bits per heavy atom. The summed E-state index contributed by atoms with van der Waals surface area (Å²) < 4.78 is 5.61. The van der Waals surface area contributed by atoms with Gasteiger partial charge < -0.3 is 21.1 Å². The molecule has 1 aromatic heterocycles. The fourth-order valence-corrected chi connectivity index (χ4v) is 2.78. The van der Waals surface area contributed by atoms with Gasteiger partial charge in [-0.15, -0.1) is 24.8 Å². The lowest BCUT2D eigenvalue weighted by molar-refractivity contribution is -0.135. The van der Waals surface area contributed by atoms with E-state index in [0.717, 1.165) is 6.42 Å². The van der Waals surface area contributed by atoms with Crippen LogP contribution in [0.4, 0.5) is 5.82 Å². The second-order valence-corrected chi connectivity index (χ2v) is 5.87. The Morgan fingerprint density at radius 2 is 1.96 bits per heavy atom. The summed E-state index contributed by atoms with van der Waals surface area (Å²) in [5.74, 6) is -0.220. The molecule has 2 heterocycles. The Kier molecular flexibility index (Phi) is 9.23. The Hall–Kier alpha value is -2.13. The third kappa shape index (κ3) is 5.93. The number of aromatic amines is 1. The van der Waals surface area contributed by atoms with E-state index in [0.29, 0.717) is 24.3 Å². The van der Waals surface area contributed by atoms with Crippen LogP contribution in [-0.4, -0.2) is 40.8 Å². The number of carbonyl (C=O) groups excluding carboxylic acids is 2. The maximum absolute atomic E-state index is 12.6. The molecule has 27 heavy (non-hydrogen) atoms. The van der Waals surface area contributed by atoms with E-state index >= 15 is 0 Å². The van der Waals surface area contributed by atoms with Gasteiger partial charge in [0.25, 0.3) is 5.91 Å². The number of hydrogen-bond acceptors (Lipinski definition) is 5. The molecular weight excluding hydrogens is 393 g/mol. The number of amides is 2. The van der Waals surface area contributed by atoms with Crippen LogP contribution < -0.4 is 16.4 Å². The quantitative estimate of drug-likeness (QED) is 0.569. The molecule has 2 amide bonds. The van der Waals surface area contributed by atoms with Gasteiger partial charge in [-0.25, -0.2) is 0 Å². The zero-order chi connectivity index (χ0) is 17.6. The summed E-state index contributed by atoms with van der Waals surface area (Å²) in [6.45, 7) is 0.381. The van der Waals surface area contributed by atoms with Crippen molar-refractivity contribution in [2.24, 2.45) is 5.73 Å². The first-order chi connectivity index (χ1) is 12.2. The Balaban J connectivity index is 0.00000182. The van der Waals surface area contributed by atoms with Gasteiger partial charge in [-0.2, -0.15) is 5.10 Å². The number of carbonyl (C=O) groups is 2. The molecule has 3 rings (SSSR count). The molecule has 3 atom stereocenters. The first kappa shape index (κ1) is 22.9. The van der Waals surface area contributed by atoms with E-state index in [1.165, 1.54) is 6.20 Å². The zero-order valence-electron chi connectivity index (χ0n) is 14.5. The predicted molar refractivity (Wildman–Crippen MR) is 106 cm³/mol. The number of hydrogen-bond donors (Lipinski definition) is 4. The fraction of sp³-hybridized carbons (Fsp3) is 0.353. The lowest BCUT2D eigenvalue weighted by Gasteiger charge is -2.20. The van der Waals surface area contributed by atoms with E-state index in [9.17, 15) is 9.59 Å². The number of nitrogens with one attached hydrogen (secondary N) is 3. The van der Waals surface area contributed by atoms with Crippen LogP contribution in [0.15, 0.2) is 42.6 Å². The van der Waals surface area contributed by atoms with Crippen molar-refractivity contribution in [3.63, 3.8) is 0 Å². The third-order valence-electron chi connectivity index (χ3n) is 4.10. The molecule has 0 aliphatic carbocycles. The summed E-state index contributed by atoms with van der Waals surface area (Å²) in [5, 5.41) is 11.9. The number of H-pyrrole nitrogens is 1. The van der Waals surface area contributed by atoms with Crippen molar-refractivity contribution in [1.29, 1.82) is 0 Å². The summed E-state index contributed by atoms with van der Waals surface area (Å²) in [5.41, 5.74) is 6.26. The predicted octanol–water partition coefficient (Wildman–Crippen LogP) is 1.56. The maximum Gasteiger partial charge on any atom is 0.252 e. The molecule has 2 aromatic rings. The summed E-state index contributed by atoms with van der Waals surface area (Å²) in [4.78, 5) is 25.2. The second-order valence-electron chi connectivity index (χ2n) is 5.87. The number of nitrogens with zero attached hydrogens (tertiary/aromatic N) is 1. The first-order valence-electron chi connectivity index (χ1n) is 8.18. The van der Waals surface area contributed by atoms with Crippen molar-refractivity contribution >= 4 is 42.4 Å². The van der Waals surface area contributed by atoms with Crippen molar-refractivity contribution in [3.8, 4) is 0 Å². The van der Waals surface area contributed by atoms with Crippen LogP contribution in [0.1, 0.15) is 24.4 Å². The highest BCUT2D eigenvalue weighted by molar-refractivity contribution is 5.97. The molecule has 1 aliphatic heterocycles. The molecule has 0 bridgehead atoms. The van der Waals surface area contributed by atoms with Crippen LogP contribution in [-0.2, 0) is 14.3 Å². The Bertz CT molecular complexity index is 715. The molecular formula is C17H23Cl2N5O3. The normalized spacial score (nSPS) is 19.3. The van der Waals surface area contributed by atoms with Crippen molar-refractivity contribution in [1.82, 2.24) is 15.5 Å². The van der Waals surface area contributed by atoms with Gasteiger partial charge in [0, 0.05) is 12.6 Å². The topological polar surface area (TPSA) is 122 Å². The van der Waals surface area contributed by atoms with Gasteiger partial charge in [0.15, 0.2) is 0 Å². The van der Waals surface area contributed by atoms with Crippen LogP contribution in [0.2, 0.25) is 0 Å². The molecule has 10 heteroatoms. The molecule has 148 valence electrons. The van der Waals surface area contributed by atoms with Gasteiger partial charge in [0.2, 0.25) is 5.91 Å². The highest BCUT2D eigenvalue weighted by Gasteiger charge is 2.33. The van der Waals surface area contributed by atoms with E-state index in [1.807, 2.05) is 18.2 Å². The molecule has 1 fully saturated rings. The van der Waals surface area contributed by atoms with Gasteiger partial charge >= 0.3 is 0 Å². The smallest absolute Gasteiger partial charge is 0.252 e. The SMILES string of the molecule is Cl.Cl.NC[C@H]1CC[C@@H](C(=O)NC(C(=O)Nc2ccn[nH]2)c2ccccc2)O1. The van der Waals surface area contributed by atoms with E-state index < -0.39 is 12.1 Å². The lowest BCUT2D eigenvalue weighted by atomic mass is 10.1. The van der Waals surface area contributed by atoms with Crippen molar-refractivity contribution in [2.45, 2.75) is 31.1 Å².